The molecule has 3 rings (SSSR count). The summed E-state index contributed by atoms with van der Waals surface area (Å²) in [5.74, 6) is 1.09. The van der Waals surface area contributed by atoms with Crippen LogP contribution in [-0.4, -0.2) is 55.0 Å². The first-order chi connectivity index (χ1) is 10.7. The lowest BCUT2D eigenvalue weighted by Gasteiger charge is -2.35. The van der Waals surface area contributed by atoms with Gasteiger partial charge in [0.15, 0.2) is 0 Å². The molecule has 1 N–H and O–H groups in total. The summed E-state index contributed by atoms with van der Waals surface area (Å²) in [5.41, 5.74) is 2.75. The molecule has 1 aliphatic heterocycles. The van der Waals surface area contributed by atoms with Crippen LogP contribution in [0.2, 0.25) is 0 Å². The van der Waals surface area contributed by atoms with Crippen LogP contribution < -0.4 is 5.32 Å². The van der Waals surface area contributed by atoms with Gasteiger partial charge in [-0.1, -0.05) is 24.3 Å². The van der Waals surface area contributed by atoms with Gasteiger partial charge in [0.05, 0.1) is 6.54 Å². The van der Waals surface area contributed by atoms with Gasteiger partial charge in [-0.25, -0.2) is 0 Å². The van der Waals surface area contributed by atoms with Gasteiger partial charge in [-0.3, -0.25) is 9.69 Å². The second kappa shape index (κ2) is 7.25. The monoisotopic (exact) mass is 301 g/mol. The van der Waals surface area contributed by atoms with Crippen molar-refractivity contribution in [2.45, 2.75) is 26.3 Å². The molecule has 4 nitrogen and oxygen atoms in total. The van der Waals surface area contributed by atoms with E-state index in [1.807, 2.05) is 4.90 Å². The molecule has 120 valence electrons. The van der Waals surface area contributed by atoms with E-state index in [0.29, 0.717) is 6.54 Å². The summed E-state index contributed by atoms with van der Waals surface area (Å²) in [4.78, 5) is 16.6. The highest BCUT2D eigenvalue weighted by Gasteiger charge is 2.23. The van der Waals surface area contributed by atoms with Gasteiger partial charge in [0.2, 0.25) is 5.91 Å². The summed E-state index contributed by atoms with van der Waals surface area (Å²) in [6.07, 6.45) is 2.66. The van der Waals surface area contributed by atoms with Gasteiger partial charge in [-0.05, 0) is 43.4 Å². The van der Waals surface area contributed by atoms with Crippen molar-refractivity contribution in [2.24, 2.45) is 5.92 Å². The highest BCUT2D eigenvalue weighted by Crippen LogP contribution is 2.27. The van der Waals surface area contributed by atoms with Crippen molar-refractivity contribution in [3.63, 3.8) is 0 Å². The summed E-state index contributed by atoms with van der Waals surface area (Å²) in [6, 6.07) is 8.56. The third kappa shape index (κ3) is 4.31. The molecule has 2 fully saturated rings. The van der Waals surface area contributed by atoms with Crippen LogP contribution in [0, 0.1) is 12.8 Å². The molecule has 0 spiro atoms. The van der Waals surface area contributed by atoms with Crippen molar-refractivity contribution in [3.05, 3.63) is 35.4 Å². The zero-order valence-electron chi connectivity index (χ0n) is 13.6. The molecule has 0 radical (unpaired) electrons. The van der Waals surface area contributed by atoms with Crippen molar-refractivity contribution in [1.29, 1.82) is 0 Å². The highest BCUT2D eigenvalue weighted by atomic mass is 16.2. The molecule has 0 atom stereocenters. The molecule has 1 saturated carbocycles. The molecule has 1 aromatic rings. The molecule has 0 bridgehead atoms. The maximum Gasteiger partial charge on any atom is 0.236 e. The second-order valence-corrected chi connectivity index (χ2v) is 6.66. The van der Waals surface area contributed by atoms with Crippen molar-refractivity contribution in [1.82, 2.24) is 15.1 Å². The fourth-order valence-electron chi connectivity index (χ4n) is 3.00. The minimum atomic E-state index is 0.260. The number of rotatable bonds is 6. The van der Waals surface area contributed by atoms with E-state index in [2.05, 4.69) is 41.4 Å². The van der Waals surface area contributed by atoms with E-state index in [9.17, 15) is 4.79 Å². The predicted octanol–water partition coefficient (Wildman–Crippen LogP) is 1.64. The number of hydrogen-bond acceptors (Lipinski definition) is 3. The number of benzene rings is 1. The topological polar surface area (TPSA) is 35.6 Å². The first-order valence-corrected chi connectivity index (χ1v) is 8.48. The fourth-order valence-corrected chi connectivity index (χ4v) is 3.00. The summed E-state index contributed by atoms with van der Waals surface area (Å²) in [6.45, 7) is 8.35. The highest BCUT2D eigenvalue weighted by molar-refractivity contribution is 5.78. The molecule has 22 heavy (non-hydrogen) atoms. The Labute approximate surface area is 133 Å². The zero-order valence-corrected chi connectivity index (χ0v) is 13.6. The zero-order chi connectivity index (χ0) is 15.4. The van der Waals surface area contributed by atoms with Crippen LogP contribution in [0.1, 0.15) is 24.0 Å². The Balaban J connectivity index is 1.39. The van der Waals surface area contributed by atoms with Crippen LogP contribution >= 0.6 is 0 Å². The van der Waals surface area contributed by atoms with Crippen molar-refractivity contribution in [3.8, 4) is 0 Å². The summed E-state index contributed by atoms with van der Waals surface area (Å²) in [7, 11) is 0. The van der Waals surface area contributed by atoms with Gasteiger partial charge < -0.3 is 10.2 Å². The summed E-state index contributed by atoms with van der Waals surface area (Å²) >= 11 is 0. The van der Waals surface area contributed by atoms with Gasteiger partial charge in [0.25, 0.3) is 0 Å². The lowest BCUT2D eigenvalue weighted by atomic mass is 10.1. The molecule has 1 aromatic carbocycles. The largest absolute Gasteiger partial charge is 0.339 e. The van der Waals surface area contributed by atoms with E-state index in [1.165, 1.54) is 24.0 Å². The smallest absolute Gasteiger partial charge is 0.236 e. The number of carbonyl (C=O) groups is 1. The van der Waals surface area contributed by atoms with Gasteiger partial charge in [0.1, 0.15) is 0 Å². The Morgan fingerprint density at radius 3 is 2.59 bits per heavy atom. The number of aryl methyl sites for hydroxylation is 1. The first-order valence-electron chi connectivity index (χ1n) is 8.48. The van der Waals surface area contributed by atoms with E-state index < -0.39 is 0 Å². The van der Waals surface area contributed by atoms with Crippen molar-refractivity contribution in [2.75, 3.05) is 39.3 Å². The van der Waals surface area contributed by atoms with Gasteiger partial charge >= 0.3 is 0 Å². The van der Waals surface area contributed by atoms with E-state index in [1.54, 1.807) is 0 Å². The van der Waals surface area contributed by atoms with Crippen LogP contribution in [0.25, 0.3) is 0 Å². The number of carbonyl (C=O) groups excluding carboxylic acids is 1. The molecular weight excluding hydrogens is 274 g/mol. The number of piperazine rings is 1. The van der Waals surface area contributed by atoms with Crippen LogP contribution in [0.4, 0.5) is 0 Å². The van der Waals surface area contributed by atoms with Crippen molar-refractivity contribution >= 4 is 5.91 Å². The van der Waals surface area contributed by atoms with Crippen LogP contribution in [0.15, 0.2) is 24.3 Å². The maximum atomic E-state index is 12.2. The lowest BCUT2D eigenvalue weighted by molar-refractivity contribution is -0.132. The Bertz CT molecular complexity index is 505. The standard InChI is InChI=1S/C18H27N3O/c1-15-4-2-3-5-17(15)14-20-8-10-21(11-9-20)18(22)13-19-12-16-6-7-16/h2-5,16,19H,6-14H2,1H3. The summed E-state index contributed by atoms with van der Waals surface area (Å²) in [5, 5.41) is 3.30. The number of amides is 1. The SMILES string of the molecule is Cc1ccccc1CN1CCN(C(=O)CNCC2CC2)CC1. The average molecular weight is 301 g/mol. The number of nitrogens with zero attached hydrogens (tertiary/aromatic N) is 2. The van der Waals surface area contributed by atoms with E-state index >= 15 is 0 Å². The lowest BCUT2D eigenvalue weighted by Crippen LogP contribution is -2.50. The molecule has 1 aliphatic carbocycles. The molecule has 1 heterocycles. The Morgan fingerprint density at radius 1 is 1.18 bits per heavy atom. The van der Waals surface area contributed by atoms with Gasteiger partial charge in [-0.2, -0.15) is 0 Å². The van der Waals surface area contributed by atoms with Gasteiger partial charge in [0, 0.05) is 32.7 Å². The molecule has 4 heteroatoms. The van der Waals surface area contributed by atoms with Crippen LogP contribution in [-0.2, 0) is 11.3 Å². The Hall–Kier alpha value is -1.39. The summed E-state index contributed by atoms with van der Waals surface area (Å²) < 4.78 is 0. The van der Waals surface area contributed by atoms with Crippen molar-refractivity contribution < 1.29 is 4.79 Å². The maximum absolute atomic E-state index is 12.2. The quantitative estimate of drug-likeness (QED) is 0.867. The fraction of sp³-hybridized carbons (Fsp3) is 0.611. The van der Waals surface area contributed by atoms with Crippen LogP contribution in [0.5, 0.6) is 0 Å². The predicted molar refractivity (Wildman–Crippen MR) is 88.6 cm³/mol. The molecular formula is C18H27N3O. The molecule has 0 aromatic heterocycles. The normalized spacial score (nSPS) is 19.4. The average Bonchev–Trinajstić information content (AvgIpc) is 3.34. The molecule has 1 saturated heterocycles. The van der Waals surface area contributed by atoms with Gasteiger partial charge in [-0.15, -0.1) is 0 Å². The van der Waals surface area contributed by atoms with E-state index in [0.717, 1.165) is 45.2 Å². The third-order valence-corrected chi connectivity index (χ3v) is 4.79. The molecule has 2 aliphatic rings. The first kappa shape index (κ1) is 15.5. The third-order valence-electron chi connectivity index (χ3n) is 4.79. The van der Waals surface area contributed by atoms with Crippen LogP contribution in [0.3, 0.4) is 0 Å². The molecule has 1 amide bonds. The minimum absolute atomic E-state index is 0.260. The number of nitrogens with one attached hydrogen (secondary N) is 1. The Morgan fingerprint density at radius 2 is 1.91 bits per heavy atom. The Kier molecular flexibility index (Phi) is 5.11. The van der Waals surface area contributed by atoms with E-state index in [4.69, 9.17) is 0 Å². The second-order valence-electron chi connectivity index (χ2n) is 6.66. The number of hydrogen-bond donors (Lipinski definition) is 1. The van der Waals surface area contributed by atoms with E-state index in [-0.39, 0.29) is 5.91 Å². The minimum Gasteiger partial charge on any atom is -0.339 e. The molecule has 0 unspecified atom stereocenters.